The van der Waals surface area contributed by atoms with Crippen molar-refractivity contribution in [1.82, 2.24) is 9.78 Å². The Morgan fingerprint density at radius 3 is 2.95 bits per heavy atom. The fraction of sp³-hybridized carbons (Fsp3) is 0.312. The van der Waals surface area contributed by atoms with E-state index in [0.29, 0.717) is 0 Å². The van der Waals surface area contributed by atoms with Crippen LogP contribution in [0, 0.1) is 0 Å². The molecule has 1 aromatic heterocycles. The minimum Gasteiger partial charge on any atom is -0.380 e. The molecule has 4 heteroatoms. The molecule has 2 rings (SSSR count). The van der Waals surface area contributed by atoms with Crippen LogP contribution in [0.15, 0.2) is 48.0 Å². The summed E-state index contributed by atoms with van der Waals surface area (Å²) in [5.41, 5.74) is 3.60. The van der Waals surface area contributed by atoms with E-state index in [1.54, 1.807) is 11.8 Å². The van der Waals surface area contributed by atoms with E-state index in [-0.39, 0.29) is 0 Å². The predicted molar refractivity (Wildman–Crippen MR) is 87.3 cm³/mol. The van der Waals surface area contributed by atoms with Crippen LogP contribution in [-0.2, 0) is 20.0 Å². The SMILES string of the molecule is C=CCSc1ccccc1NCc1cn(C)nc1CC. The zero-order chi connectivity index (χ0) is 14.4. The zero-order valence-corrected chi connectivity index (χ0v) is 12.9. The molecule has 1 N–H and O–H groups in total. The van der Waals surface area contributed by atoms with E-state index in [0.717, 1.165) is 24.4 Å². The lowest BCUT2D eigenvalue weighted by molar-refractivity contribution is 0.746. The highest BCUT2D eigenvalue weighted by Crippen LogP contribution is 2.27. The van der Waals surface area contributed by atoms with Gasteiger partial charge in [-0.2, -0.15) is 5.10 Å². The van der Waals surface area contributed by atoms with Gasteiger partial charge in [0, 0.05) is 41.7 Å². The Labute approximate surface area is 125 Å². The van der Waals surface area contributed by atoms with E-state index in [9.17, 15) is 0 Å². The molecule has 0 aliphatic rings. The topological polar surface area (TPSA) is 29.9 Å². The summed E-state index contributed by atoms with van der Waals surface area (Å²) >= 11 is 1.80. The number of anilines is 1. The third-order valence-corrected chi connectivity index (χ3v) is 4.11. The smallest absolute Gasteiger partial charge is 0.0671 e. The Balaban J connectivity index is 2.08. The van der Waals surface area contributed by atoms with Gasteiger partial charge in [0.2, 0.25) is 0 Å². The van der Waals surface area contributed by atoms with Crippen LogP contribution in [0.25, 0.3) is 0 Å². The first-order valence-electron chi connectivity index (χ1n) is 6.82. The molecule has 20 heavy (non-hydrogen) atoms. The van der Waals surface area contributed by atoms with Gasteiger partial charge >= 0.3 is 0 Å². The third kappa shape index (κ3) is 3.67. The standard InChI is InChI=1S/C16H21N3S/c1-4-10-20-16-9-7-6-8-15(16)17-11-13-12-19(3)18-14(13)5-2/h4,6-9,12,17H,1,5,10-11H2,2-3H3. The highest BCUT2D eigenvalue weighted by atomic mass is 32.2. The molecule has 0 fully saturated rings. The molecule has 0 unspecified atom stereocenters. The Bertz CT molecular complexity index is 575. The minimum atomic E-state index is 0.808. The lowest BCUT2D eigenvalue weighted by Crippen LogP contribution is -2.02. The van der Waals surface area contributed by atoms with Crippen molar-refractivity contribution in [2.24, 2.45) is 7.05 Å². The van der Waals surface area contributed by atoms with E-state index in [2.05, 4.69) is 54.4 Å². The van der Waals surface area contributed by atoms with Gasteiger partial charge in [-0.3, -0.25) is 4.68 Å². The van der Waals surface area contributed by atoms with Gasteiger partial charge in [0.15, 0.2) is 0 Å². The molecule has 0 saturated carbocycles. The summed E-state index contributed by atoms with van der Waals surface area (Å²) in [6, 6.07) is 8.39. The van der Waals surface area contributed by atoms with E-state index < -0.39 is 0 Å². The van der Waals surface area contributed by atoms with Crippen molar-refractivity contribution >= 4 is 17.4 Å². The number of rotatable bonds is 7. The van der Waals surface area contributed by atoms with Crippen molar-refractivity contribution in [2.45, 2.75) is 24.8 Å². The Kier molecular flexibility index (Phi) is 5.30. The fourth-order valence-electron chi connectivity index (χ4n) is 2.11. The average molecular weight is 287 g/mol. The van der Waals surface area contributed by atoms with E-state index in [1.165, 1.54) is 16.1 Å². The van der Waals surface area contributed by atoms with Crippen LogP contribution in [0.5, 0.6) is 0 Å². The van der Waals surface area contributed by atoms with Crippen LogP contribution >= 0.6 is 11.8 Å². The highest BCUT2D eigenvalue weighted by Gasteiger charge is 2.07. The van der Waals surface area contributed by atoms with Gasteiger partial charge < -0.3 is 5.32 Å². The second-order valence-electron chi connectivity index (χ2n) is 4.58. The number of aromatic nitrogens is 2. The molecule has 0 amide bonds. The zero-order valence-electron chi connectivity index (χ0n) is 12.1. The molecule has 0 atom stereocenters. The van der Waals surface area contributed by atoms with Crippen LogP contribution in [0.4, 0.5) is 5.69 Å². The molecule has 0 saturated heterocycles. The van der Waals surface area contributed by atoms with Crippen LogP contribution in [0.1, 0.15) is 18.2 Å². The van der Waals surface area contributed by atoms with Gasteiger partial charge in [-0.25, -0.2) is 0 Å². The Hall–Kier alpha value is -1.68. The molecule has 2 aromatic rings. The van der Waals surface area contributed by atoms with Crippen molar-refractivity contribution in [2.75, 3.05) is 11.1 Å². The third-order valence-electron chi connectivity index (χ3n) is 3.04. The number of para-hydroxylation sites is 1. The summed E-state index contributed by atoms with van der Waals surface area (Å²) < 4.78 is 1.88. The van der Waals surface area contributed by atoms with Crippen molar-refractivity contribution in [3.63, 3.8) is 0 Å². The molecule has 0 radical (unpaired) electrons. The summed E-state index contributed by atoms with van der Waals surface area (Å²) in [4.78, 5) is 1.26. The molecule has 0 bridgehead atoms. The summed E-state index contributed by atoms with van der Waals surface area (Å²) in [5.74, 6) is 0.922. The van der Waals surface area contributed by atoms with Gasteiger partial charge in [0.25, 0.3) is 0 Å². The normalized spacial score (nSPS) is 10.5. The number of nitrogens with one attached hydrogen (secondary N) is 1. The van der Waals surface area contributed by atoms with Gasteiger partial charge in [-0.05, 0) is 18.6 Å². The van der Waals surface area contributed by atoms with Gasteiger partial charge in [-0.1, -0.05) is 25.1 Å². The molecule has 0 spiro atoms. The van der Waals surface area contributed by atoms with Crippen LogP contribution < -0.4 is 5.32 Å². The molecular weight excluding hydrogens is 266 g/mol. The van der Waals surface area contributed by atoms with E-state index in [4.69, 9.17) is 0 Å². The summed E-state index contributed by atoms with van der Waals surface area (Å²) in [6.07, 6.45) is 4.98. The molecule has 0 aliphatic heterocycles. The maximum atomic E-state index is 4.47. The van der Waals surface area contributed by atoms with Crippen LogP contribution in [0.3, 0.4) is 0 Å². The molecule has 1 heterocycles. The lowest BCUT2D eigenvalue weighted by atomic mass is 10.2. The minimum absolute atomic E-state index is 0.808. The van der Waals surface area contributed by atoms with E-state index >= 15 is 0 Å². The first kappa shape index (κ1) is 14.7. The Morgan fingerprint density at radius 2 is 2.20 bits per heavy atom. The second-order valence-corrected chi connectivity index (χ2v) is 5.64. The molecular formula is C16H21N3S. The van der Waals surface area contributed by atoms with Gasteiger partial charge in [-0.15, -0.1) is 18.3 Å². The summed E-state index contributed by atoms with van der Waals surface area (Å²) in [7, 11) is 1.97. The number of aryl methyl sites for hydroxylation is 2. The number of hydrogen-bond acceptors (Lipinski definition) is 3. The van der Waals surface area contributed by atoms with Crippen molar-refractivity contribution in [3.8, 4) is 0 Å². The lowest BCUT2D eigenvalue weighted by Gasteiger charge is -2.10. The predicted octanol–water partition coefficient (Wildman–Crippen LogP) is 3.87. The van der Waals surface area contributed by atoms with Gasteiger partial charge in [0.1, 0.15) is 0 Å². The number of nitrogens with zero attached hydrogens (tertiary/aromatic N) is 2. The molecule has 1 aromatic carbocycles. The second kappa shape index (κ2) is 7.20. The maximum Gasteiger partial charge on any atom is 0.0671 e. The summed E-state index contributed by atoms with van der Waals surface area (Å²) in [6.45, 7) is 6.72. The number of thioether (sulfide) groups is 1. The van der Waals surface area contributed by atoms with Crippen LogP contribution in [-0.4, -0.2) is 15.5 Å². The van der Waals surface area contributed by atoms with Crippen LogP contribution in [0.2, 0.25) is 0 Å². The van der Waals surface area contributed by atoms with Crippen molar-refractivity contribution < 1.29 is 0 Å². The average Bonchev–Trinajstić information content (AvgIpc) is 2.84. The fourth-order valence-corrected chi connectivity index (χ4v) is 2.87. The Morgan fingerprint density at radius 1 is 1.40 bits per heavy atom. The monoisotopic (exact) mass is 287 g/mol. The first-order chi connectivity index (χ1) is 9.74. The van der Waals surface area contributed by atoms with Crippen molar-refractivity contribution in [3.05, 3.63) is 54.4 Å². The molecule has 0 aliphatic carbocycles. The van der Waals surface area contributed by atoms with Crippen molar-refractivity contribution in [1.29, 1.82) is 0 Å². The number of benzene rings is 1. The highest BCUT2D eigenvalue weighted by molar-refractivity contribution is 7.99. The molecule has 3 nitrogen and oxygen atoms in total. The quantitative estimate of drug-likeness (QED) is 0.619. The first-order valence-corrected chi connectivity index (χ1v) is 7.81. The maximum absolute atomic E-state index is 4.47. The number of hydrogen-bond donors (Lipinski definition) is 1. The molecule has 106 valence electrons. The van der Waals surface area contributed by atoms with Gasteiger partial charge in [0.05, 0.1) is 5.69 Å². The largest absolute Gasteiger partial charge is 0.380 e. The van der Waals surface area contributed by atoms with E-state index in [1.807, 2.05) is 17.8 Å². The summed E-state index contributed by atoms with van der Waals surface area (Å²) in [5, 5.41) is 7.99.